The van der Waals surface area contributed by atoms with Crippen LogP contribution in [0.4, 0.5) is 4.39 Å². The highest BCUT2D eigenvalue weighted by Crippen LogP contribution is 2.22. The third-order valence-electron chi connectivity index (χ3n) is 2.18. The van der Waals surface area contributed by atoms with Crippen LogP contribution >= 0.6 is 15.9 Å². The molecule has 0 bridgehead atoms. The number of H-pyrrole nitrogens is 1. The molecule has 3 nitrogen and oxygen atoms in total. The lowest BCUT2D eigenvalue weighted by molar-refractivity contribution is 0.628. The van der Waals surface area contributed by atoms with Gasteiger partial charge in [-0.15, -0.1) is 0 Å². The van der Waals surface area contributed by atoms with Crippen LogP contribution in [0, 0.1) is 5.82 Å². The Morgan fingerprint density at radius 3 is 3.00 bits per heavy atom. The number of aromatic amines is 1. The topological polar surface area (TPSA) is 40.7 Å². The van der Waals surface area contributed by atoms with Gasteiger partial charge in [-0.2, -0.15) is 0 Å². The molecule has 0 aliphatic rings. The zero-order valence-electron chi connectivity index (χ0n) is 8.72. The van der Waals surface area contributed by atoms with Gasteiger partial charge in [0.2, 0.25) is 0 Å². The molecule has 0 spiro atoms. The van der Waals surface area contributed by atoms with E-state index >= 15 is 0 Å². The maximum absolute atomic E-state index is 13.0. The zero-order valence-corrected chi connectivity index (χ0v) is 10.3. The van der Waals surface area contributed by atoms with E-state index < -0.39 is 0 Å². The molecule has 0 aliphatic heterocycles. The number of rotatable bonds is 3. The summed E-state index contributed by atoms with van der Waals surface area (Å²) in [6.45, 7) is 0.683. The summed E-state index contributed by atoms with van der Waals surface area (Å²) < 4.78 is 13.8. The van der Waals surface area contributed by atoms with Gasteiger partial charge in [0.1, 0.15) is 16.2 Å². The molecule has 2 rings (SSSR count). The van der Waals surface area contributed by atoms with E-state index in [1.54, 1.807) is 6.07 Å². The van der Waals surface area contributed by atoms with E-state index in [0.717, 1.165) is 15.9 Å². The van der Waals surface area contributed by atoms with E-state index in [0.29, 0.717) is 12.4 Å². The van der Waals surface area contributed by atoms with E-state index in [1.165, 1.54) is 12.1 Å². The molecule has 16 heavy (non-hydrogen) atoms. The van der Waals surface area contributed by atoms with Crippen LogP contribution in [-0.4, -0.2) is 17.0 Å². The van der Waals surface area contributed by atoms with Crippen molar-refractivity contribution in [1.29, 1.82) is 0 Å². The summed E-state index contributed by atoms with van der Waals surface area (Å²) in [4.78, 5) is 7.43. The van der Waals surface area contributed by atoms with Crippen molar-refractivity contribution in [2.24, 2.45) is 0 Å². The third kappa shape index (κ3) is 2.31. The molecule has 1 aromatic carbocycles. The van der Waals surface area contributed by atoms with Crippen LogP contribution in [0.1, 0.15) is 5.69 Å². The number of nitrogens with zero attached hydrogens (tertiary/aromatic N) is 1. The molecule has 0 saturated heterocycles. The van der Waals surface area contributed by atoms with E-state index in [-0.39, 0.29) is 5.82 Å². The molecule has 0 radical (unpaired) electrons. The summed E-state index contributed by atoms with van der Waals surface area (Å²) in [5, 5.41) is 3.03. The zero-order chi connectivity index (χ0) is 11.5. The van der Waals surface area contributed by atoms with Crippen LogP contribution in [0.15, 0.2) is 28.9 Å². The summed E-state index contributed by atoms with van der Waals surface area (Å²) in [7, 11) is 1.86. The fraction of sp³-hybridized carbons (Fsp3) is 0.182. The molecule has 0 atom stereocenters. The van der Waals surface area contributed by atoms with Gasteiger partial charge in [-0.1, -0.05) is 12.1 Å². The van der Waals surface area contributed by atoms with Crippen molar-refractivity contribution < 1.29 is 4.39 Å². The second-order valence-electron chi connectivity index (χ2n) is 3.40. The van der Waals surface area contributed by atoms with Gasteiger partial charge in [0.15, 0.2) is 0 Å². The predicted octanol–water partition coefficient (Wildman–Crippen LogP) is 2.70. The summed E-state index contributed by atoms with van der Waals surface area (Å²) in [6.07, 6.45) is 0. The molecule has 5 heteroatoms. The highest BCUT2D eigenvalue weighted by Gasteiger charge is 2.08. The number of imidazole rings is 1. The van der Waals surface area contributed by atoms with Gasteiger partial charge < -0.3 is 10.3 Å². The average molecular weight is 284 g/mol. The monoisotopic (exact) mass is 283 g/mol. The second-order valence-corrected chi connectivity index (χ2v) is 4.15. The second kappa shape index (κ2) is 4.76. The van der Waals surface area contributed by atoms with Crippen LogP contribution in [0.5, 0.6) is 0 Å². The number of hydrogen-bond acceptors (Lipinski definition) is 2. The Bertz CT molecular complexity index is 496. The Morgan fingerprint density at radius 1 is 1.50 bits per heavy atom. The Morgan fingerprint density at radius 2 is 2.31 bits per heavy atom. The standard InChI is InChI=1S/C11H11BrFN3/c1-14-6-9-10(12)16-11(15-9)7-3-2-4-8(13)5-7/h2-5,14H,6H2,1H3,(H,15,16). The summed E-state index contributed by atoms with van der Waals surface area (Å²) in [5.74, 6) is 0.400. The van der Waals surface area contributed by atoms with Crippen LogP contribution < -0.4 is 5.32 Å². The number of aromatic nitrogens is 2. The largest absolute Gasteiger partial charge is 0.340 e. The van der Waals surface area contributed by atoms with Crippen molar-refractivity contribution in [3.63, 3.8) is 0 Å². The highest BCUT2D eigenvalue weighted by atomic mass is 79.9. The molecule has 0 fully saturated rings. The van der Waals surface area contributed by atoms with Crippen molar-refractivity contribution >= 4 is 15.9 Å². The average Bonchev–Trinajstić information content (AvgIpc) is 2.61. The molecule has 84 valence electrons. The van der Waals surface area contributed by atoms with Crippen LogP contribution in [0.25, 0.3) is 11.4 Å². The maximum Gasteiger partial charge on any atom is 0.139 e. The first-order chi connectivity index (χ1) is 7.70. The lowest BCUT2D eigenvalue weighted by atomic mass is 10.2. The highest BCUT2D eigenvalue weighted by molar-refractivity contribution is 9.10. The maximum atomic E-state index is 13.0. The number of hydrogen-bond donors (Lipinski definition) is 2. The van der Waals surface area contributed by atoms with Crippen molar-refractivity contribution in [3.8, 4) is 11.4 Å². The quantitative estimate of drug-likeness (QED) is 0.909. The minimum absolute atomic E-state index is 0.264. The Balaban J connectivity index is 2.37. The summed E-state index contributed by atoms with van der Waals surface area (Å²) >= 11 is 3.36. The van der Waals surface area contributed by atoms with E-state index in [4.69, 9.17) is 0 Å². The normalized spacial score (nSPS) is 10.7. The Labute approximate surface area is 101 Å². The van der Waals surface area contributed by atoms with Crippen molar-refractivity contribution in [2.45, 2.75) is 6.54 Å². The molecule has 0 aliphatic carbocycles. The molecule has 0 unspecified atom stereocenters. The lowest BCUT2D eigenvalue weighted by Gasteiger charge is -1.97. The minimum Gasteiger partial charge on any atom is -0.340 e. The Hall–Kier alpha value is -1.20. The molecular formula is C11H11BrFN3. The van der Waals surface area contributed by atoms with Gasteiger partial charge in [0, 0.05) is 12.1 Å². The van der Waals surface area contributed by atoms with E-state index in [2.05, 4.69) is 31.2 Å². The molecular weight excluding hydrogens is 273 g/mol. The SMILES string of the molecule is CNCc1[nH]c(-c2cccc(F)c2)nc1Br. The van der Waals surface area contributed by atoms with Gasteiger partial charge >= 0.3 is 0 Å². The molecule has 0 saturated carbocycles. The van der Waals surface area contributed by atoms with Crippen LogP contribution in [-0.2, 0) is 6.54 Å². The molecule has 2 aromatic rings. The first-order valence-corrected chi connectivity index (χ1v) is 5.65. The first-order valence-electron chi connectivity index (χ1n) is 4.85. The number of halogens is 2. The van der Waals surface area contributed by atoms with Gasteiger partial charge in [0.05, 0.1) is 5.69 Å². The fourth-order valence-corrected chi connectivity index (χ4v) is 1.87. The first kappa shape index (κ1) is 11.3. The molecule has 1 heterocycles. The number of nitrogens with one attached hydrogen (secondary N) is 2. The molecule has 0 amide bonds. The van der Waals surface area contributed by atoms with Gasteiger partial charge in [-0.05, 0) is 35.1 Å². The number of benzene rings is 1. The lowest BCUT2D eigenvalue weighted by Crippen LogP contribution is -2.05. The van der Waals surface area contributed by atoms with Gasteiger partial charge in [-0.25, -0.2) is 9.37 Å². The molecule has 1 aromatic heterocycles. The smallest absolute Gasteiger partial charge is 0.139 e. The van der Waals surface area contributed by atoms with Gasteiger partial charge in [0.25, 0.3) is 0 Å². The van der Waals surface area contributed by atoms with E-state index in [9.17, 15) is 4.39 Å². The van der Waals surface area contributed by atoms with Gasteiger partial charge in [-0.3, -0.25) is 0 Å². The predicted molar refractivity (Wildman–Crippen MR) is 64.4 cm³/mol. The van der Waals surface area contributed by atoms with Crippen molar-refractivity contribution in [2.75, 3.05) is 7.05 Å². The summed E-state index contributed by atoms with van der Waals surface area (Å²) in [6, 6.07) is 6.35. The van der Waals surface area contributed by atoms with Crippen LogP contribution in [0.2, 0.25) is 0 Å². The van der Waals surface area contributed by atoms with E-state index in [1.807, 2.05) is 13.1 Å². The summed E-state index contributed by atoms with van der Waals surface area (Å²) in [5.41, 5.74) is 1.69. The minimum atomic E-state index is -0.264. The third-order valence-corrected chi connectivity index (χ3v) is 2.84. The van der Waals surface area contributed by atoms with Crippen molar-refractivity contribution in [3.05, 3.63) is 40.4 Å². The van der Waals surface area contributed by atoms with Crippen molar-refractivity contribution in [1.82, 2.24) is 15.3 Å². The van der Waals surface area contributed by atoms with Crippen LogP contribution in [0.3, 0.4) is 0 Å². The Kier molecular flexibility index (Phi) is 3.36. The fourth-order valence-electron chi connectivity index (χ4n) is 1.45. The molecule has 2 N–H and O–H groups in total.